The molecule has 8 heteroatoms. The molecule has 0 saturated carbocycles. The first kappa shape index (κ1) is 20.9. The number of esters is 2. The molecular weight excluding hydrogens is 380 g/mol. The number of aromatic nitrogens is 1. The Balaban J connectivity index is 2.61. The van der Waals surface area contributed by atoms with Crippen molar-refractivity contribution in [1.82, 2.24) is 4.57 Å². The minimum Gasteiger partial charge on any atom is -0.465 e. The fourth-order valence-electron chi connectivity index (χ4n) is 2.36. The average molecular weight is 398 g/mol. The second kappa shape index (κ2) is 9.48. The molecule has 0 spiro atoms. The maximum absolute atomic E-state index is 12.7. The van der Waals surface area contributed by atoms with Gasteiger partial charge in [0.1, 0.15) is 17.3 Å². The molecular formula is C20H18N2O5S. The summed E-state index contributed by atoms with van der Waals surface area (Å²) >= 11 is 1.03. The fraction of sp³-hybridized carbons (Fsp3) is 0.200. The van der Waals surface area contributed by atoms with Crippen LogP contribution in [0, 0.1) is 11.3 Å². The quantitative estimate of drug-likeness (QED) is 0.531. The Bertz CT molecular complexity index is 1120. The molecule has 0 saturated heterocycles. The van der Waals surface area contributed by atoms with E-state index in [1.54, 1.807) is 37.3 Å². The third-order valence-electron chi connectivity index (χ3n) is 3.72. The van der Waals surface area contributed by atoms with Crippen molar-refractivity contribution in [3.8, 4) is 6.07 Å². The summed E-state index contributed by atoms with van der Waals surface area (Å²) < 4.78 is 11.5. The first-order valence-corrected chi connectivity index (χ1v) is 9.10. The standard InChI is InChI=1S/C20H18N2O5S/c1-4-10-27-20(25)15(12-21)18-22(5-2)17(23)16(28-18)11-13-6-8-14(9-7-13)19(24)26-3/h4,6-9,11H,1,5,10H2,2-3H3. The molecule has 0 amide bonds. The van der Waals surface area contributed by atoms with Gasteiger partial charge in [-0.2, -0.15) is 5.26 Å². The van der Waals surface area contributed by atoms with Gasteiger partial charge < -0.3 is 9.47 Å². The molecule has 0 N–H and O–H groups in total. The zero-order valence-electron chi connectivity index (χ0n) is 15.4. The second-order valence-corrected chi connectivity index (χ2v) is 6.48. The van der Waals surface area contributed by atoms with Gasteiger partial charge in [0.05, 0.1) is 17.2 Å². The summed E-state index contributed by atoms with van der Waals surface area (Å²) in [6.07, 6.45) is 3.03. The first-order chi connectivity index (χ1) is 13.5. The van der Waals surface area contributed by atoms with Crippen LogP contribution in [0.25, 0.3) is 11.6 Å². The number of ether oxygens (including phenoxy) is 2. The lowest BCUT2D eigenvalue weighted by Crippen LogP contribution is -2.32. The molecule has 1 aromatic heterocycles. The summed E-state index contributed by atoms with van der Waals surface area (Å²) in [5.41, 5.74) is 0.534. The topological polar surface area (TPSA) is 98.4 Å². The fourth-order valence-corrected chi connectivity index (χ4v) is 3.52. The van der Waals surface area contributed by atoms with Crippen molar-refractivity contribution < 1.29 is 19.1 Å². The Morgan fingerprint density at radius 2 is 2.00 bits per heavy atom. The van der Waals surface area contributed by atoms with Crippen LogP contribution in [0.4, 0.5) is 0 Å². The van der Waals surface area contributed by atoms with Crippen molar-refractivity contribution in [2.75, 3.05) is 13.7 Å². The van der Waals surface area contributed by atoms with Crippen molar-refractivity contribution in [1.29, 1.82) is 5.26 Å². The van der Waals surface area contributed by atoms with Gasteiger partial charge >= 0.3 is 11.9 Å². The van der Waals surface area contributed by atoms with Crippen molar-refractivity contribution in [2.24, 2.45) is 0 Å². The summed E-state index contributed by atoms with van der Waals surface area (Å²) in [6, 6.07) is 8.35. The molecule has 0 aliphatic heterocycles. The summed E-state index contributed by atoms with van der Waals surface area (Å²) in [7, 11) is 1.30. The van der Waals surface area contributed by atoms with Crippen molar-refractivity contribution in [2.45, 2.75) is 13.5 Å². The lowest BCUT2D eigenvalue weighted by atomic mass is 10.1. The molecule has 0 atom stereocenters. The van der Waals surface area contributed by atoms with Gasteiger partial charge in [0.25, 0.3) is 5.56 Å². The van der Waals surface area contributed by atoms with E-state index in [-0.39, 0.29) is 22.4 Å². The van der Waals surface area contributed by atoms with Crippen molar-refractivity contribution in [3.05, 3.63) is 67.6 Å². The Morgan fingerprint density at radius 3 is 2.54 bits per heavy atom. The van der Waals surface area contributed by atoms with Gasteiger partial charge in [-0.05, 0) is 30.7 Å². The smallest absolute Gasteiger partial charge is 0.352 e. The third kappa shape index (κ3) is 4.45. The molecule has 1 heterocycles. The number of nitrogens with zero attached hydrogens (tertiary/aromatic N) is 2. The number of methoxy groups -OCH3 is 1. The van der Waals surface area contributed by atoms with E-state index in [1.807, 2.05) is 6.07 Å². The van der Waals surface area contributed by atoms with Gasteiger partial charge in [-0.3, -0.25) is 9.36 Å². The molecule has 2 rings (SSSR count). The molecule has 0 bridgehead atoms. The predicted octanol–water partition coefficient (Wildman–Crippen LogP) is 0.949. The maximum Gasteiger partial charge on any atom is 0.352 e. The van der Waals surface area contributed by atoms with Gasteiger partial charge in [-0.25, -0.2) is 9.59 Å². The molecule has 0 radical (unpaired) electrons. The molecule has 28 heavy (non-hydrogen) atoms. The molecule has 7 nitrogen and oxygen atoms in total. The van der Waals surface area contributed by atoms with Gasteiger partial charge in [0.2, 0.25) is 0 Å². The van der Waals surface area contributed by atoms with Crippen LogP contribution in [0.1, 0.15) is 22.8 Å². The number of benzene rings is 1. The number of thiazole rings is 1. The highest BCUT2D eigenvalue weighted by Crippen LogP contribution is 2.06. The number of carbonyl (C=O) groups excluding carboxylic acids is 2. The Kier molecular flexibility index (Phi) is 7.07. The largest absolute Gasteiger partial charge is 0.465 e. The van der Waals surface area contributed by atoms with E-state index in [2.05, 4.69) is 11.3 Å². The molecule has 0 fully saturated rings. The summed E-state index contributed by atoms with van der Waals surface area (Å²) in [4.78, 5) is 36.3. The average Bonchev–Trinajstić information content (AvgIpc) is 3.01. The first-order valence-electron chi connectivity index (χ1n) is 8.29. The van der Waals surface area contributed by atoms with Gasteiger partial charge in [0, 0.05) is 6.54 Å². The monoisotopic (exact) mass is 398 g/mol. The number of hydrogen-bond acceptors (Lipinski definition) is 7. The zero-order valence-corrected chi connectivity index (χ0v) is 16.2. The molecule has 0 aliphatic rings. The number of rotatable bonds is 6. The predicted molar refractivity (Wildman–Crippen MR) is 105 cm³/mol. The molecule has 2 aromatic rings. The normalized spacial score (nSPS) is 12.1. The molecule has 0 unspecified atom stereocenters. The van der Waals surface area contributed by atoms with Crippen LogP contribution in [0.2, 0.25) is 0 Å². The van der Waals surface area contributed by atoms with Crippen LogP contribution in [0.3, 0.4) is 0 Å². The van der Waals surface area contributed by atoms with Crippen molar-refractivity contribution >= 4 is 34.9 Å². The Labute approximate surface area is 165 Å². The van der Waals surface area contributed by atoms with Crippen LogP contribution < -0.4 is 14.8 Å². The van der Waals surface area contributed by atoms with E-state index in [0.29, 0.717) is 22.2 Å². The van der Waals surface area contributed by atoms with Crippen LogP contribution in [-0.2, 0) is 20.8 Å². The summed E-state index contributed by atoms with van der Waals surface area (Å²) in [6.45, 7) is 5.46. The zero-order chi connectivity index (χ0) is 20.7. The van der Waals surface area contributed by atoms with Gasteiger partial charge in [0.15, 0.2) is 5.57 Å². The van der Waals surface area contributed by atoms with Gasteiger partial charge in [-0.1, -0.05) is 24.8 Å². The summed E-state index contributed by atoms with van der Waals surface area (Å²) in [5, 5.41) is 9.39. The molecule has 0 aliphatic carbocycles. The Morgan fingerprint density at radius 1 is 1.32 bits per heavy atom. The highest BCUT2D eigenvalue weighted by Gasteiger charge is 2.16. The van der Waals surface area contributed by atoms with E-state index in [4.69, 9.17) is 4.74 Å². The molecule has 144 valence electrons. The van der Waals surface area contributed by atoms with E-state index in [1.165, 1.54) is 17.8 Å². The molecule has 1 aromatic carbocycles. The highest BCUT2D eigenvalue weighted by atomic mass is 32.1. The van der Waals surface area contributed by atoms with E-state index in [9.17, 15) is 19.6 Å². The SMILES string of the molecule is C=CCOC(=O)C(C#N)=c1sc(=Cc2ccc(C(=O)OC)cc2)c(=O)n1CC. The van der Waals surface area contributed by atoms with Gasteiger partial charge in [-0.15, -0.1) is 11.3 Å². The van der Waals surface area contributed by atoms with E-state index >= 15 is 0 Å². The second-order valence-electron chi connectivity index (χ2n) is 5.45. The van der Waals surface area contributed by atoms with E-state index in [0.717, 1.165) is 11.3 Å². The number of carbonyl (C=O) groups is 2. The van der Waals surface area contributed by atoms with Crippen LogP contribution >= 0.6 is 11.3 Å². The summed E-state index contributed by atoms with van der Waals surface area (Å²) in [5.74, 6) is -1.26. The maximum atomic E-state index is 12.7. The minimum absolute atomic E-state index is 0.0305. The lowest BCUT2D eigenvalue weighted by molar-refractivity contribution is -0.135. The van der Waals surface area contributed by atoms with Crippen LogP contribution in [0.15, 0.2) is 41.7 Å². The van der Waals surface area contributed by atoms with Crippen molar-refractivity contribution in [3.63, 3.8) is 0 Å². The Hall–Kier alpha value is -3.44. The third-order valence-corrected chi connectivity index (χ3v) is 4.85. The van der Waals surface area contributed by atoms with E-state index < -0.39 is 11.9 Å². The number of nitriles is 1. The number of hydrogen-bond donors (Lipinski definition) is 0. The highest BCUT2D eigenvalue weighted by molar-refractivity contribution is 7.07. The van der Waals surface area contributed by atoms with Crippen LogP contribution in [0.5, 0.6) is 0 Å². The minimum atomic E-state index is -0.806. The van der Waals surface area contributed by atoms with Crippen LogP contribution in [-0.4, -0.2) is 30.2 Å². The lowest BCUT2D eigenvalue weighted by Gasteiger charge is -2.00.